The summed E-state index contributed by atoms with van der Waals surface area (Å²) < 4.78 is 15.3. The van der Waals surface area contributed by atoms with E-state index in [-0.39, 0.29) is 12.5 Å². The van der Waals surface area contributed by atoms with E-state index in [0.717, 1.165) is 0 Å². The van der Waals surface area contributed by atoms with E-state index in [2.05, 4.69) is 5.32 Å². The van der Waals surface area contributed by atoms with Crippen LogP contribution in [0, 0.1) is 0 Å². The molecule has 1 rings (SSSR count). The summed E-state index contributed by atoms with van der Waals surface area (Å²) in [7, 11) is 1.61. The molecule has 19 heavy (non-hydrogen) atoms. The van der Waals surface area contributed by atoms with Crippen LogP contribution in [0.3, 0.4) is 0 Å². The van der Waals surface area contributed by atoms with Crippen LogP contribution in [0.1, 0.15) is 0 Å². The molecule has 0 aliphatic rings. The lowest BCUT2D eigenvalue weighted by atomic mass is 10.3. The summed E-state index contributed by atoms with van der Waals surface area (Å²) in [6.07, 6.45) is 0. The number of benzene rings is 1. The minimum absolute atomic E-state index is 0.0402. The van der Waals surface area contributed by atoms with Crippen molar-refractivity contribution >= 4 is 11.6 Å². The number of nitrogen functional groups attached to an aromatic ring is 1. The predicted octanol–water partition coefficient (Wildman–Crippen LogP) is 0.427. The van der Waals surface area contributed by atoms with Crippen LogP contribution < -0.4 is 15.8 Å². The third-order valence-corrected chi connectivity index (χ3v) is 2.23. The van der Waals surface area contributed by atoms with E-state index < -0.39 is 0 Å². The number of carbonyl (C=O) groups excluding carboxylic acids is 1. The second-order valence-corrected chi connectivity index (χ2v) is 3.82. The lowest BCUT2D eigenvalue weighted by molar-refractivity contribution is -0.123. The Bertz CT molecular complexity index is 385. The Kier molecular flexibility index (Phi) is 7.38. The largest absolute Gasteiger partial charge is 0.484 e. The number of anilines is 1. The molecule has 0 aromatic heterocycles. The number of rotatable bonds is 9. The van der Waals surface area contributed by atoms with E-state index in [4.69, 9.17) is 19.9 Å². The van der Waals surface area contributed by atoms with Crippen LogP contribution >= 0.6 is 0 Å². The van der Waals surface area contributed by atoms with E-state index in [9.17, 15) is 4.79 Å². The highest BCUT2D eigenvalue weighted by Crippen LogP contribution is 2.13. The van der Waals surface area contributed by atoms with Crippen LogP contribution in [0.5, 0.6) is 5.75 Å². The molecule has 1 aromatic rings. The fraction of sp³-hybridized carbons (Fsp3) is 0.462. The van der Waals surface area contributed by atoms with Crippen LogP contribution in [0.2, 0.25) is 0 Å². The number of nitrogens with two attached hydrogens (primary N) is 1. The van der Waals surface area contributed by atoms with Crippen LogP contribution in [0.4, 0.5) is 5.69 Å². The van der Waals surface area contributed by atoms with Gasteiger partial charge in [-0.05, 0) is 12.1 Å². The van der Waals surface area contributed by atoms with E-state index in [1.54, 1.807) is 31.4 Å². The Labute approximate surface area is 112 Å². The number of hydrogen-bond acceptors (Lipinski definition) is 5. The summed E-state index contributed by atoms with van der Waals surface area (Å²) in [6.45, 7) is 1.93. The van der Waals surface area contributed by atoms with Crippen LogP contribution in [0.15, 0.2) is 24.3 Å². The smallest absolute Gasteiger partial charge is 0.258 e. The molecule has 6 heteroatoms. The zero-order valence-corrected chi connectivity index (χ0v) is 11.1. The molecule has 0 radical (unpaired) electrons. The van der Waals surface area contributed by atoms with Gasteiger partial charge in [0.1, 0.15) is 5.75 Å². The second kappa shape index (κ2) is 9.18. The predicted molar refractivity (Wildman–Crippen MR) is 72.1 cm³/mol. The molecule has 0 saturated heterocycles. The molecule has 0 atom stereocenters. The number of nitrogens with one attached hydrogen (secondary N) is 1. The number of ether oxygens (including phenoxy) is 3. The highest BCUT2D eigenvalue weighted by Gasteiger charge is 2.02. The van der Waals surface area contributed by atoms with Crippen molar-refractivity contribution in [1.29, 1.82) is 0 Å². The first-order valence-corrected chi connectivity index (χ1v) is 6.04. The standard InChI is InChI=1S/C13H20N2O4/c1-17-7-8-18-6-5-15-13(16)10-19-12-4-2-3-11(14)9-12/h2-4,9H,5-8,10,14H2,1H3,(H,15,16). The molecule has 1 amide bonds. The number of amides is 1. The average Bonchev–Trinajstić information content (AvgIpc) is 2.40. The maximum absolute atomic E-state index is 11.4. The maximum Gasteiger partial charge on any atom is 0.258 e. The van der Waals surface area contributed by atoms with Crippen molar-refractivity contribution in [3.05, 3.63) is 24.3 Å². The number of carbonyl (C=O) groups is 1. The highest BCUT2D eigenvalue weighted by molar-refractivity contribution is 5.77. The summed E-state index contributed by atoms with van der Waals surface area (Å²) >= 11 is 0. The minimum Gasteiger partial charge on any atom is -0.484 e. The van der Waals surface area contributed by atoms with Crippen molar-refractivity contribution < 1.29 is 19.0 Å². The van der Waals surface area contributed by atoms with E-state index in [0.29, 0.717) is 37.8 Å². The Hall–Kier alpha value is -1.79. The van der Waals surface area contributed by atoms with Gasteiger partial charge in [0.25, 0.3) is 5.91 Å². The molecule has 0 fully saturated rings. The van der Waals surface area contributed by atoms with E-state index >= 15 is 0 Å². The molecule has 0 heterocycles. The summed E-state index contributed by atoms with van der Waals surface area (Å²) in [6, 6.07) is 6.94. The van der Waals surface area contributed by atoms with E-state index in [1.807, 2.05) is 0 Å². The van der Waals surface area contributed by atoms with Gasteiger partial charge in [0.15, 0.2) is 6.61 Å². The summed E-state index contributed by atoms with van der Waals surface area (Å²) in [5.41, 5.74) is 6.20. The number of hydrogen-bond donors (Lipinski definition) is 2. The van der Waals surface area contributed by atoms with Crippen molar-refractivity contribution in [2.45, 2.75) is 0 Å². The fourth-order valence-electron chi connectivity index (χ4n) is 1.31. The van der Waals surface area contributed by atoms with Crippen LogP contribution in [-0.4, -0.2) is 46.0 Å². The third kappa shape index (κ3) is 7.28. The van der Waals surface area contributed by atoms with Gasteiger partial charge < -0.3 is 25.3 Å². The molecular weight excluding hydrogens is 248 g/mol. The van der Waals surface area contributed by atoms with Crippen molar-refractivity contribution in [1.82, 2.24) is 5.32 Å². The first-order chi connectivity index (χ1) is 9.22. The van der Waals surface area contributed by atoms with Crippen molar-refractivity contribution in [3.8, 4) is 5.75 Å². The van der Waals surface area contributed by atoms with Crippen molar-refractivity contribution in [3.63, 3.8) is 0 Å². The minimum atomic E-state index is -0.197. The Morgan fingerprint density at radius 3 is 2.89 bits per heavy atom. The molecule has 0 spiro atoms. The molecule has 0 aliphatic carbocycles. The van der Waals surface area contributed by atoms with Crippen molar-refractivity contribution in [2.24, 2.45) is 0 Å². The van der Waals surface area contributed by atoms with Gasteiger partial charge in [0.05, 0.1) is 19.8 Å². The molecular formula is C13H20N2O4. The van der Waals surface area contributed by atoms with Gasteiger partial charge in [-0.2, -0.15) is 0 Å². The van der Waals surface area contributed by atoms with Gasteiger partial charge in [-0.3, -0.25) is 4.79 Å². The average molecular weight is 268 g/mol. The molecule has 3 N–H and O–H groups in total. The van der Waals surface area contributed by atoms with Gasteiger partial charge in [-0.25, -0.2) is 0 Å². The normalized spacial score (nSPS) is 10.2. The third-order valence-electron chi connectivity index (χ3n) is 2.23. The molecule has 1 aromatic carbocycles. The fourth-order valence-corrected chi connectivity index (χ4v) is 1.31. The summed E-state index contributed by atoms with van der Waals surface area (Å²) in [4.78, 5) is 11.4. The molecule has 0 aliphatic heterocycles. The SMILES string of the molecule is COCCOCCNC(=O)COc1cccc(N)c1. The van der Waals surface area contributed by atoms with Gasteiger partial charge in [-0.15, -0.1) is 0 Å². The van der Waals surface area contributed by atoms with Gasteiger partial charge in [0, 0.05) is 25.4 Å². The molecule has 0 bridgehead atoms. The Morgan fingerprint density at radius 2 is 2.16 bits per heavy atom. The highest BCUT2D eigenvalue weighted by atomic mass is 16.5. The quantitative estimate of drug-likeness (QED) is 0.501. The van der Waals surface area contributed by atoms with Gasteiger partial charge >= 0.3 is 0 Å². The first-order valence-electron chi connectivity index (χ1n) is 6.04. The summed E-state index contributed by atoms with van der Waals surface area (Å²) in [5, 5.41) is 2.68. The van der Waals surface area contributed by atoms with Crippen LogP contribution in [0.25, 0.3) is 0 Å². The second-order valence-electron chi connectivity index (χ2n) is 3.82. The monoisotopic (exact) mass is 268 g/mol. The lowest BCUT2D eigenvalue weighted by Gasteiger charge is -2.08. The first kappa shape index (κ1) is 15.3. The van der Waals surface area contributed by atoms with E-state index in [1.165, 1.54) is 0 Å². The van der Waals surface area contributed by atoms with Gasteiger partial charge in [0.2, 0.25) is 0 Å². The molecule has 0 unspecified atom stereocenters. The Morgan fingerprint density at radius 1 is 1.32 bits per heavy atom. The van der Waals surface area contributed by atoms with Gasteiger partial charge in [-0.1, -0.05) is 6.07 Å². The Balaban J connectivity index is 2.08. The summed E-state index contributed by atoms with van der Waals surface area (Å²) in [5.74, 6) is 0.379. The lowest BCUT2D eigenvalue weighted by Crippen LogP contribution is -2.31. The topological polar surface area (TPSA) is 82.8 Å². The molecule has 106 valence electrons. The zero-order chi connectivity index (χ0) is 13.9. The molecule has 6 nitrogen and oxygen atoms in total. The van der Waals surface area contributed by atoms with Crippen molar-refractivity contribution in [2.75, 3.05) is 45.8 Å². The number of methoxy groups -OCH3 is 1. The maximum atomic E-state index is 11.4. The van der Waals surface area contributed by atoms with Crippen LogP contribution in [-0.2, 0) is 14.3 Å². The zero-order valence-electron chi connectivity index (χ0n) is 11.1. The molecule has 0 saturated carbocycles.